The Morgan fingerprint density at radius 1 is 1.14 bits per heavy atom. The first-order valence-corrected chi connectivity index (χ1v) is 8.28. The van der Waals surface area contributed by atoms with Gasteiger partial charge in [0.2, 0.25) is 0 Å². The molecule has 0 aliphatic carbocycles. The van der Waals surface area contributed by atoms with E-state index in [1.54, 1.807) is 7.11 Å². The van der Waals surface area contributed by atoms with Crippen molar-refractivity contribution < 1.29 is 4.74 Å². The molecule has 3 nitrogen and oxygen atoms in total. The molecule has 1 rings (SSSR count). The molecule has 0 aliphatic rings. The molecule has 1 unspecified atom stereocenters. The van der Waals surface area contributed by atoms with Gasteiger partial charge in [0.1, 0.15) is 5.75 Å². The summed E-state index contributed by atoms with van der Waals surface area (Å²) in [6.07, 6.45) is 2.38. The molecule has 120 valence electrons. The maximum absolute atomic E-state index is 5.55. The van der Waals surface area contributed by atoms with E-state index in [1.807, 2.05) is 0 Å². The fourth-order valence-electron chi connectivity index (χ4n) is 2.76. The largest absolute Gasteiger partial charge is 0.496 e. The SMILES string of the molecule is CCCN(CCC)Cc1cc(C(C)NCC)ccc1OC. The summed E-state index contributed by atoms with van der Waals surface area (Å²) in [5.41, 5.74) is 2.63. The molecule has 0 amide bonds. The molecule has 21 heavy (non-hydrogen) atoms. The van der Waals surface area contributed by atoms with Crippen LogP contribution in [0.4, 0.5) is 0 Å². The molecule has 0 aliphatic heterocycles. The Kier molecular flexibility index (Phi) is 8.40. The number of methoxy groups -OCH3 is 1. The van der Waals surface area contributed by atoms with Gasteiger partial charge in [0.25, 0.3) is 0 Å². The highest BCUT2D eigenvalue weighted by Gasteiger charge is 2.12. The first-order chi connectivity index (χ1) is 10.2. The van der Waals surface area contributed by atoms with Crippen molar-refractivity contribution in [2.24, 2.45) is 0 Å². The van der Waals surface area contributed by atoms with Crippen molar-refractivity contribution in [2.75, 3.05) is 26.7 Å². The van der Waals surface area contributed by atoms with Gasteiger partial charge in [-0.1, -0.05) is 26.8 Å². The summed E-state index contributed by atoms with van der Waals surface area (Å²) >= 11 is 0. The molecule has 0 heterocycles. The molecule has 0 spiro atoms. The molecular formula is C18H32N2O. The number of hydrogen-bond acceptors (Lipinski definition) is 3. The monoisotopic (exact) mass is 292 g/mol. The van der Waals surface area contributed by atoms with Gasteiger partial charge in [-0.15, -0.1) is 0 Å². The van der Waals surface area contributed by atoms with Gasteiger partial charge < -0.3 is 10.1 Å². The Labute approximate surface area is 130 Å². The molecule has 1 N–H and O–H groups in total. The third-order valence-corrected chi connectivity index (χ3v) is 3.79. The predicted molar refractivity (Wildman–Crippen MR) is 90.9 cm³/mol. The number of benzene rings is 1. The van der Waals surface area contributed by atoms with E-state index >= 15 is 0 Å². The summed E-state index contributed by atoms with van der Waals surface area (Å²) in [7, 11) is 1.76. The lowest BCUT2D eigenvalue weighted by atomic mass is 10.0. The van der Waals surface area contributed by atoms with Crippen LogP contribution in [0.5, 0.6) is 5.75 Å². The molecule has 1 aromatic rings. The number of nitrogens with zero attached hydrogens (tertiary/aromatic N) is 1. The Bertz CT molecular complexity index is 400. The second kappa shape index (κ2) is 9.80. The molecule has 3 heteroatoms. The van der Waals surface area contributed by atoms with Crippen molar-refractivity contribution in [1.82, 2.24) is 10.2 Å². The van der Waals surface area contributed by atoms with Gasteiger partial charge in [-0.2, -0.15) is 0 Å². The van der Waals surface area contributed by atoms with Crippen LogP contribution in [-0.2, 0) is 6.54 Å². The quantitative estimate of drug-likeness (QED) is 0.706. The van der Waals surface area contributed by atoms with Gasteiger partial charge in [-0.25, -0.2) is 0 Å². The van der Waals surface area contributed by atoms with Gasteiger partial charge in [-0.3, -0.25) is 4.90 Å². The average molecular weight is 292 g/mol. The van der Waals surface area contributed by atoms with E-state index in [0.29, 0.717) is 6.04 Å². The van der Waals surface area contributed by atoms with Crippen LogP contribution < -0.4 is 10.1 Å². The predicted octanol–water partition coefficient (Wildman–Crippen LogP) is 3.99. The van der Waals surface area contributed by atoms with Crippen molar-refractivity contribution in [3.8, 4) is 5.75 Å². The number of rotatable bonds is 10. The highest BCUT2D eigenvalue weighted by molar-refractivity contribution is 5.38. The summed E-state index contributed by atoms with van der Waals surface area (Å²) in [4.78, 5) is 2.51. The van der Waals surface area contributed by atoms with E-state index < -0.39 is 0 Å². The van der Waals surface area contributed by atoms with Crippen LogP contribution in [0.15, 0.2) is 18.2 Å². The Morgan fingerprint density at radius 2 is 1.81 bits per heavy atom. The number of ether oxygens (including phenoxy) is 1. The summed E-state index contributed by atoms with van der Waals surface area (Å²) in [6, 6.07) is 6.95. The Balaban J connectivity index is 2.93. The van der Waals surface area contributed by atoms with Crippen molar-refractivity contribution >= 4 is 0 Å². The fourth-order valence-corrected chi connectivity index (χ4v) is 2.76. The van der Waals surface area contributed by atoms with Gasteiger partial charge in [0.05, 0.1) is 7.11 Å². The minimum Gasteiger partial charge on any atom is -0.496 e. The van der Waals surface area contributed by atoms with E-state index in [4.69, 9.17) is 4.74 Å². The second-order valence-electron chi connectivity index (χ2n) is 5.63. The summed E-state index contributed by atoms with van der Waals surface area (Å²) in [6.45, 7) is 13.1. The van der Waals surface area contributed by atoms with Crippen LogP contribution >= 0.6 is 0 Å². The Morgan fingerprint density at radius 3 is 2.33 bits per heavy atom. The summed E-state index contributed by atoms with van der Waals surface area (Å²) in [5, 5.41) is 3.48. The van der Waals surface area contributed by atoms with E-state index in [9.17, 15) is 0 Å². The standard InChI is InChI=1S/C18H32N2O/c1-6-11-20(12-7-2)14-17-13-16(15(4)19-8-3)9-10-18(17)21-5/h9-10,13,15,19H,6-8,11-12,14H2,1-5H3. The Hall–Kier alpha value is -1.06. The van der Waals surface area contributed by atoms with E-state index in [1.165, 1.54) is 24.0 Å². The van der Waals surface area contributed by atoms with Crippen molar-refractivity contribution in [2.45, 2.75) is 53.1 Å². The number of hydrogen-bond donors (Lipinski definition) is 1. The minimum absolute atomic E-state index is 0.380. The van der Waals surface area contributed by atoms with E-state index in [-0.39, 0.29) is 0 Å². The highest BCUT2D eigenvalue weighted by Crippen LogP contribution is 2.25. The number of nitrogens with one attached hydrogen (secondary N) is 1. The van der Waals surface area contributed by atoms with Gasteiger partial charge in [-0.05, 0) is 57.1 Å². The molecule has 0 saturated carbocycles. The van der Waals surface area contributed by atoms with Crippen LogP contribution in [-0.4, -0.2) is 31.6 Å². The zero-order valence-electron chi connectivity index (χ0n) is 14.4. The third kappa shape index (κ3) is 5.68. The molecular weight excluding hydrogens is 260 g/mol. The summed E-state index contributed by atoms with van der Waals surface area (Å²) in [5.74, 6) is 1.000. The van der Waals surface area contributed by atoms with Crippen molar-refractivity contribution in [3.05, 3.63) is 29.3 Å². The maximum atomic E-state index is 5.55. The van der Waals surface area contributed by atoms with Crippen LogP contribution in [0.25, 0.3) is 0 Å². The normalized spacial score (nSPS) is 12.7. The van der Waals surface area contributed by atoms with E-state index in [2.05, 4.69) is 56.1 Å². The molecule has 1 atom stereocenters. The minimum atomic E-state index is 0.380. The zero-order chi connectivity index (χ0) is 15.7. The molecule has 0 radical (unpaired) electrons. The van der Waals surface area contributed by atoms with Gasteiger partial charge >= 0.3 is 0 Å². The molecule has 0 saturated heterocycles. The lowest BCUT2D eigenvalue weighted by Gasteiger charge is -2.23. The smallest absolute Gasteiger partial charge is 0.123 e. The summed E-state index contributed by atoms with van der Waals surface area (Å²) < 4.78 is 5.55. The molecule has 0 aromatic heterocycles. The van der Waals surface area contributed by atoms with E-state index in [0.717, 1.165) is 31.9 Å². The maximum Gasteiger partial charge on any atom is 0.123 e. The first kappa shape index (κ1) is 18.0. The van der Waals surface area contributed by atoms with Crippen molar-refractivity contribution in [1.29, 1.82) is 0 Å². The lowest BCUT2D eigenvalue weighted by Crippen LogP contribution is -2.25. The van der Waals surface area contributed by atoms with Crippen LogP contribution in [0.2, 0.25) is 0 Å². The van der Waals surface area contributed by atoms with Gasteiger partial charge in [0, 0.05) is 18.2 Å². The fraction of sp³-hybridized carbons (Fsp3) is 0.667. The lowest BCUT2D eigenvalue weighted by molar-refractivity contribution is 0.261. The van der Waals surface area contributed by atoms with Crippen LogP contribution in [0, 0.1) is 0 Å². The van der Waals surface area contributed by atoms with Crippen LogP contribution in [0.3, 0.4) is 0 Å². The molecule has 1 aromatic carbocycles. The second-order valence-corrected chi connectivity index (χ2v) is 5.63. The zero-order valence-corrected chi connectivity index (χ0v) is 14.4. The topological polar surface area (TPSA) is 24.5 Å². The molecule has 0 fully saturated rings. The average Bonchev–Trinajstić information content (AvgIpc) is 2.48. The first-order valence-electron chi connectivity index (χ1n) is 8.28. The van der Waals surface area contributed by atoms with Crippen molar-refractivity contribution in [3.63, 3.8) is 0 Å². The highest BCUT2D eigenvalue weighted by atomic mass is 16.5. The van der Waals surface area contributed by atoms with Gasteiger partial charge in [0.15, 0.2) is 0 Å². The third-order valence-electron chi connectivity index (χ3n) is 3.79. The molecule has 0 bridgehead atoms. The van der Waals surface area contributed by atoms with Crippen LogP contribution in [0.1, 0.15) is 57.7 Å².